The van der Waals surface area contributed by atoms with E-state index in [-0.39, 0.29) is 15.8 Å². The fraction of sp³-hybridized carbons (Fsp3) is 0.250. The summed E-state index contributed by atoms with van der Waals surface area (Å²) in [4.78, 5) is 0. The number of hydrogen-bond acceptors (Lipinski definition) is 0. The van der Waals surface area contributed by atoms with Crippen molar-refractivity contribution >= 4 is 37.1 Å². The molecule has 0 aliphatic heterocycles. The van der Waals surface area contributed by atoms with Crippen LogP contribution in [0, 0.1) is 5.92 Å². The topological polar surface area (TPSA) is 0 Å². The summed E-state index contributed by atoms with van der Waals surface area (Å²) in [6.45, 7) is 0. The van der Waals surface area contributed by atoms with Gasteiger partial charge in [-0.2, -0.15) is 0 Å². The van der Waals surface area contributed by atoms with Gasteiger partial charge in [0.25, 0.3) is 0 Å². The van der Waals surface area contributed by atoms with Gasteiger partial charge in [-0.05, 0) is 0 Å². The van der Waals surface area contributed by atoms with E-state index in [1.165, 1.54) is 64.2 Å². The van der Waals surface area contributed by atoms with Crippen LogP contribution in [0.4, 0.5) is 0 Å². The Morgan fingerprint density at radius 2 is 0.743 bits per heavy atom. The van der Waals surface area contributed by atoms with E-state index in [2.05, 4.69) is 140 Å². The van der Waals surface area contributed by atoms with Gasteiger partial charge >= 0.3 is 226 Å². The molecule has 0 unspecified atom stereocenters. The van der Waals surface area contributed by atoms with Crippen LogP contribution in [0.15, 0.2) is 121 Å². The first-order chi connectivity index (χ1) is 17.3. The summed E-state index contributed by atoms with van der Waals surface area (Å²) >= 11 is 2.93. The van der Waals surface area contributed by atoms with Gasteiger partial charge in [0.15, 0.2) is 0 Å². The van der Waals surface area contributed by atoms with Crippen LogP contribution in [-0.4, -0.2) is 12.3 Å². The average molecular weight is 583 g/mol. The third-order valence-electron chi connectivity index (χ3n) is 6.46. The Hall–Kier alpha value is -1.64. The van der Waals surface area contributed by atoms with Crippen molar-refractivity contribution in [3.05, 3.63) is 121 Å². The van der Waals surface area contributed by atoms with Crippen molar-refractivity contribution in [2.24, 2.45) is 5.92 Å². The van der Waals surface area contributed by atoms with Gasteiger partial charge in [-0.25, -0.2) is 0 Å². The molecule has 35 heavy (non-hydrogen) atoms. The molecule has 0 nitrogen and oxygen atoms in total. The van der Waals surface area contributed by atoms with E-state index < -0.39 is 0 Å². The Morgan fingerprint density at radius 3 is 1.00 bits per heavy atom. The van der Waals surface area contributed by atoms with Gasteiger partial charge in [0.05, 0.1) is 0 Å². The molecule has 0 aliphatic carbocycles. The van der Waals surface area contributed by atoms with E-state index in [0.717, 1.165) is 5.92 Å². The van der Waals surface area contributed by atoms with Crippen LogP contribution in [0.25, 0.3) is 0 Å². The van der Waals surface area contributed by atoms with Gasteiger partial charge in [0.2, 0.25) is 0 Å². The van der Waals surface area contributed by atoms with Gasteiger partial charge in [-0.1, -0.05) is 0 Å². The molecule has 0 saturated carbocycles. The third-order valence-corrected chi connectivity index (χ3v) is 12.7. The first-order valence-electron chi connectivity index (χ1n) is 12.6. The SMILES string of the molecule is [Ru+][CH2]C(CCCP(c1ccccc1)c1ccccc1)CCCP(c1ccccc1)c1ccccc1. The van der Waals surface area contributed by atoms with E-state index in [1.807, 2.05) is 0 Å². The molecular weight excluding hydrogens is 547 g/mol. The summed E-state index contributed by atoms with van der Waals surface area (Å²) in [6, 6.07) is 44.6. The average Bonchev–Trinajstić information content (AvgIpc) is 2.94. The van der Waals surface area contributed by atoms with Crippen LogP contribution >= 0.6 is 15.8 Å². The second-order valence-electron chi connectivity index (χ2n) is 8.94. The normalized spacial score (nSPS) is 11.4. The fourth-order valence-electron chi connectivity index (χ4n) is 4.61. The van der Waals surface area contributed by atoms with Gasteiger partial charge in [0, 0.05) is 0 Å². The standard InChI is InChI=1S/C32H35P2.Ru/c1-28(16-14-26-33(29-18-6-2-7-19-29)30-20-8-3-9-21-30)17-15-27-34(31-22-10-4-11-23-31)32-24-12-5-13-25-32;/h2-13,18-25,28H,1,14-17,26-27H2;/q;+1. The molecule has 4 rings (SSSR count). The fourth-order valence-corrected chi connectivity index (χ4v) is 10.1. The summed E-state index contributed by atoms with van der Waals surface area (Å²) in [5.74, 6) is 0.804. The van der Waals surface area contributed by atoms with Crippen LogP contribution in [0.1, 0.15) is 25.7 Å². The van der Waals surface area contributed by atoms with Gasteiger partial charge in [-0.15, -0.1) is 0 Å². The molecule has 0 heterocycles. The van der Waals surface area contributed by atoms with E-state index in [0.29, 0.717) is 0 Å². The van der Waals surface area contributed by atoms with E-state index >= 15 is 0 Å². The Bertz CT molecular complexity index is 919. The quantitative estimate of drug-likeness (QED) is 0.114. The number of rotatable bonds is 13. The monoisotopic (exact) mass is 583 g/mol. The predicted molar refractivity (Wildman–Crippen MR) is 155 cm³/mol. The molecule has 0 fully saturated rings. The Balaban J connectivity index is 1.33. The van der Waals surface area contributed by atoms with Crippen molar-refractivity contribution in [3.63, 3.8) is 0 Å². The van der Waals surface area contributed by atoms with Gasteiger partial charge in [-0.3, -0.25) is 0 Å². The van der Waals surface area contributed by atoms with Crippen molar-refractivity contribution in [2.75, 3.05) is 12.3 Å². The van der Waals surface area contributed by atoms with Gasteiger partial charge in [0.1, 0.15) is 0 Å². The van der Waals surface area contributed by atoms with Crippen molar-refractivity contribution in [2.45, 2.75) is 30.7 Å². The number of hydrogen-bond donors (Lipinski definition) is 0. The van der Waals surface area contributed by atoms with E-state index in [4.69, 9.17) is 0 Å². The molecule has 0 aromatic heterocycles. The molecule has 180 valence electrons. The van der Waals surface area contributed by atoms with Crippen molar-refractivity contribution in [3.8, 4) is 0 Å². The molecule has 0 atom stereocenters. The maximum atomic E-state index is 2.93. The molecule has 0 spiro atoms. The predicted octanol–water partition coefficient (Wildman–Crippen LogP) is 7.39. The van der Waals surface area contributed by atoms with Crippen molar-refractivity contribution in [1.29, 1.82) is 0 Å². The molecule has 0 N–H and O–H groups in total. The second kappa shape index (κ2) is 14.8. The van der Waals surface area contributed by atoms with Crippen LogP contribution < -0.4 is 21.2 Å². The molecular formula is C32H35P2Ru+. The number of benzene rings is 4. The summed E-state index contributed by atoms with van der Waals surface area (Å²) in [5, 5.41) is 7.26. The third kappa shape index (κ3) is 8.19. The summed E-state index contributed by atoms with van der Waals surface area (Å²) in [5.41, 5.74) is 0. The molecule has 0 amide bonds. The van der Waals surface area contributed by atoms with E-state index in [9.17, 15) is 0 Å². The molecule has 0 aliphatic rings. The molecule has 0 saturated heterocycles. The molecule has 0 bridgehead atoms. The Labute approximate surface area is 224 Å². The summed E-state index contributed by atoms with van der Waals surface area (Å²) < 4.78 is 0. The molecule has 3 heteroatoms. The van der Waals surface area contributed by atoms with E-state index in [1.54, 1.807) is 0 Å². The van der Waals surface area contributed by atoms with Crippen molar-refractivity contribution < 1.29 is 18.3 Å². The first-order valence-corrected chi connectivity index (χ1v) is 16.9. The molecule has 4 aromatic carbocycles. The van der Waals surface area contributed by atoms with Crippen LogP contribution in [-0.2, 0) is 18.3 Å². The maximum absolute atomic E-state index is 2.93. The minimum atomic E-state index is -0.273. The Kier molecular flexibility index (Phi) is 11.2. The first kappa shape index (κ1) is 26.4. The summed E-state index contributed by atoms with van der Waals surface area (Å²) in [7, 11) is -0.546. The molecule has 4 aromatic rings. The zero-order valence-corrected chi connectivity index (χ0v) is 23.8. The molecule has 0 radical (unpaired) electrons. The minimum absolute atomic E-state index is 0.273. The second-order valence-corrected chi connectivity index (χ2v) is 14.3. The zero-order valence-electron chi connectivity index (χ0n) is 20.3. The van der Waals surface area contributed by atoms with Crippen molar-refractivity contribution in [1.82, 2.24) is 0 Å². The Morgan fingerprint density at radius 1 is 0.457 bits per heavy atom. The zero-order chi connectivity index (χ0) is 24.1. The van der Waals surface area contributed by atoms with Crippen LogP contribution in [0.3, 0.4) is 0 Å². The van der Waals surface area contributed by atoms with Crippen LogP contribution in [0.2, 0.25) is 5.02 Å². The summed E-state index contributed by atoms with van der Waals surface area (Å²) in [6.07, 6.45) is 7.85. The van der Waals surface area contributed by atoms with Crippen LogP contribution in [0.5, 0.6) is 0 Å². The van der Waals surface area contributed by atoms with Gasteiger partial charge < -0.3 is 0 Å².